The van der Waals surface area contributed by atoms with Crippen LogP contribution in [0.4, 0.5) is 0 Å². The minimum Gasteiger partial charge on any atom is -0.447 e. The number of carbonyl (C=O) groups is 2. The van der Waals surface area contributed by atoms with E-state index < -0.39 is 0 Å². The van der Waals surface area contributed by atoms with Crippen molar-refractivity contribution in [3.63, 3.8) is 0 Å². The van der Waals surface area contributed by atoms with Crippen LogP contribution in [-0.4, -0.2) is 52.8 Å². The van der Waals surface area contributed by atoms with E-state index in [1.165, 1.54) is 6.39 Å². The summed E-state index contributed by atoms with van der Waals surface area (Å²) in [7, 11) is 0. The molecular weight excluding hydrogens is 330 g/mol. The van der Waals surface area contributed by atoms with Crippen LogP contribution in [0.1, 0.15) is 80.5 Å². The van der Waals surface area contributed by atoms with Crippen LogP contribution in [0.15, 0.2) is 10.8 Å². The highest BCUT2D eigenvalue weighted by Gasteiger charge is 2.43. The van der Waals surface area contributed by atoms with Crippen molar-refractivity contribution >= 4 is 11.8 Å². The molecule has 1 spiro atoms. The lowest BCUT2D eigenvalue weighted by Gasteiger charge is -2.48. The lowest BCUT2D eigenvalue weighted by Crippen LogP contribution is -2.55. The highest BCUT2D eigenvalue weighted by atomic mass is 16.3. The third-order valence-electron chi connectivity index (χ3n) is 6.22. The van der Waals surface area contributed by atoms with E-state index in [1.54, 1.807) is 0 Å². The van der Waals surface area contributed by atoms with Gasteiger partial charge in [-0.3, -0.25) is 9.59 Å². The molecule has 0 unspecified atom stereocenters. The Hall–Kier alpha value is -1.85. The van der Waals surface area contributed by atoms with Crippen molar-refractivity contribution in [2.45, 2.75) is 64.2 Å². The van der Waals surface area contributed by atoms with Crippen LogP contribution < -0.4 is 0 Å². The minimum absolute atomic E-state index is 0.0109. The third-order valence-corrected chi connectivity index (χ3v) is 6.22. The van der Waals surface area contributed by atoms with Gasteiger partial charge >= 0.3 is 0 Å². The second-order valence-corrected chi connectivity index (χ2v) is 8.34. The molecule has 1 atom stereocenters. The largest absolute Gasteiger partial charge is 0.447 e. The van der Waals surface area contributed by atoms with Gasteiger partial charge in [-0.25, -0.2) is 4.98 Å². The number of unbranched alkanes of at least 4 members (excludes halogenated alkanes) is 1. The van der Waals surface area contributed by atoms with Crippen molar-refractivity contribution in [2.75, 3.05) is 26.2 Å². The number of amides is 2. The maximum Gasteiger partial charge on any atom is 0.276 e. The van der Waals surface area contributed by atoms with Crippen molar-refractivity contribution in [3.8, 4) is 0 Å². The third kappa shape index (κ3) is 3.38. The molecule has 0 bridgehead atoms. The number of hydrogen-bond donors (Lipinski definition) is 0. The summed E-state index contributed by atoms with van der Waals surface area (Å²) in [6.45, 7) is 5.31. The number of aromatic nitrogens is 1. The van der Waals surface area contributed by atoms with Gasteiger partial charge in [-0.05, 0) is 38.5 Å². The van der Waals surface area contributed by atoms with Crippen molar-refractivity contribution in [1.29, 1.82) is 0 Å². The summed E-state index contributed by atoms with van der Waals surface area (Å²) in [5, 5.41) is 0. The van der Waals surface area contributed by atoms with Crippen LogP contribution in [0.5, 0.6) is 0 Å². The zero-order chi connectivity index (χ0) is 18.1. The Morgan fingerprint density at radius 1 is 1.35 bits per heavy atom. The summed E-state index contributed by atoms with van der Waals surface area (Å²) < 4.78 is 5.50. The first kappa shape index (κ1) is 17.6. The van der Waals surface area contributed by atoms with Crippen molar-refractivity contribution in [2.24, 2.45) is 5.41 Å². The highest BCUT2D eigenvalue weighted by molar-refractivity contribution is 5.93. The standard InChI is InChI=1S/C20H29N3O3/c1-2-3-10-22-12-20(9-7-16(22)24)8-4-11-23(13-20)19(25)17-18(15-5-6-15)26-14-21-17/h14-15H,2-13H2,1H3/t20-/m0/s1. The van der Waals surface area contributed by atoms with Crippen LogP contribution in [0.3, 0.4) is 0 Å². The summed E-state index contributed by atoms with van der Waals surface area (Å²) >= 11 is 0. The molecule has 6 heteroatoms. The van der Waals surface area contributed by atoms with Crippen LogP contribution >= 0.6 is 0 Å². The number of rotatable bonds is 5. The average molecular weight is 359 g/mol. The number of oxazole rings is 1. The summed E-state index contributed by atoms with van der Waals surface area (Å²) in [6, 6.07) is 0. The van der Waals surface area contributed by atoms with Gasteiger partial charge in [0.05, 0.1) is 0 Å². The molecule has 0 aromatic carbocycles. The molecule has 2 saturated heterocycles. The Kier molecular flexibility index (Phi) is 4.76. The minimum atomic E-state index is 0.0109. The number of likely N-dealkylation sites (tertiary alicyclic amines) is 2. The first-order chi connectivity index (χ1) is 12.6. The lowest BCUT2D eigenvalue weighted by atomic mass is 9.73. The Morgan fingerprint density at radius 2 is 2.19 bits per heavy atom. The van der Waals surface area contributed by atoms with E-state index in [0.29, 0.717) is 18.0 Å². The van der Waals surface area contributed by atoms with E-state index >= 15 is 0 Å². The summed E-state index contributed by atoms with van der Waals surface area (Å²) in [6.07, 6.45) is 9.34. The fraction of sp³-hybridized carbons (Fsp3) is 0.750. The Labute approximate surface area is 154 Å². The normalized spacial score (nSPS) is 26.6. The number of hydrogen-bond acceptors (Lipinski definition) is 4. The molecule has 1 aliphatic carbocycles. The summed E-state index contributed by atoms with van der Waals surface area (Å²) in [5.74, 6) is 1.45. The van der Waals surface area contributed by atoms with Crippen molar-refractivity contribution in [1.82, 2.24) is 14.8 Å². The molecule has 3 heterocycles. The Balaban J connectivity index is 1.47. The van der Waals surface area contributed by atoms with Crippen LogP contribution in [0.2, 0.25) is 0 Å². The van der Waals surface area contributed by atoms with Gasteiger partial charge < -0.3 is 14.2 Å². The van der Waals surface area contributed by atoms with Gasteiger partial charge in [0.1, 0.15) is 5.76 Å². The lowest BCUT2D eigenvalue weighted by molar-refractivity contribution is -0.139. The fourth-order valence-electron chi connectivity index (χ4n) is 4.57. The van der Waals surface area contributed by atoms with Gasteiger partial charge in [0.25, 0.3) is 5.91 Å². The molecular formula is C20H29N3O3. The van der Waals surface area contributed by atoms with Gasteiger partial charge in [-0.1, -0.05) is 13.3 Å². The number of carbonyl (C=O) groups excluding carboxylic acids is 2. The molecule has 4 rings (SSSR count). The predicted octanol–water partition coefficient (Wildman–Crippen LogP) is 3.20. The SMILES string of the molecule is CCCCN1C[C@]2(CCCN(C(=O)c3ncoc3C3CC3)C2)CCC1=O. The first-order valence-electron chi connectivity index (χ1n) is 10.1. The number of nitrogens with zero attached hydrogens (tertiary/aromatic N) is 3. The molecule has 26 heavy (non-hydrogen) atoms. The summed E-state index contributed by atoms with van der Waals surface area (Å²) in [4.78, 5) is 33.6. The van der Waals surface area contributed by atoms with E-state index in [2.05, 4.69) is 11.9 Å². The van der Waals surface area contributed by atoms with Gasteiger partial charge in [-0.2, -0.15) is 0 Å². The smallest absolute Gasteiger partial charge is 0.276 e. The van der Waals surface area contributed by atoms with E-state index in [9.17, 15) is 9.59 Å². The molecule has 2 amide bonds. The van der Waals surface area contributed by atoms with Crippen molar-refractivity contribution < 1.29 is 14.0 Å². The topological polar surface area (TPSA) is 66.7 Å². The highest BCUT2D eigenvalue weighted by Crippen LogP contribution is 2.43. The van der Waals surface area contributed by atoms with Gasteiger partial charge in [-0.15, -0.1) is 0 Å². The molecule has 0 N–H and O–H groups in total. The molecule has 3 aliphatic rings. The molecule has 3 fully saturated rings. The molecule has 142 valence electrons. The molecule has 1 aromatic heterocycles. The zero-order valence-corrected chi connectivity index (χ0v) is 15.7. The molecule has 2 aliphatic heterocycles. The monoisotopic (exact) mass is 359 g/mol. The van der Waals surface area contributed by atoms with Crippen LogP contribution in [0.25, 0.3) is 0 Å². The fourth-order valence-corrected chi connectivity index (χ4v) is 4.57. The van der Waals surface area contributed by atoms with E-state index in [-0.39, 0.29) is 17.2 Å². The Bertz CT molecular complexity index is 682. The molecule has 6 nitrogen and oxygen atoms in total. The molecule has 0 radical (unpaired) electrons. The van der Waals surface area contributed by atoms with Crippen LogP contribution in [0, 0.1) is 5.41 Å². The second kappa shape index (κ2) is 7.05. The first-order valence-corrected chi connectivity index (χ1v) is 10.1. The quantitative estimate of drug-likeness (QED) is 0.810. The zero-order valence-electron chi connectivity index (χ0n) is 15.7. The molecule has 1 saturated carbocycles. The second-order valence-electron chi connectivity index (χ2n) is 8.34. The van der Waals surface area contributed by atoms with E-state index in [1.807, 2.05) is 9.80 Å². The maximum absolute atomic E-state index is 13.1. The average Bonchev–Trinajstić information content (AvgIpc) is 3.39. The van der Waals surface area contributed by atoms with Gasteiger partial charge in [0.15, 0.2) is 12.1 Å². The molecule has 1 aromatic rings. The number of piperidine rings is 2. The summed E-state index contributed by atoms with van der Waals surface area (Å²) in [5.41, 5.74) is 0.568. The van der Waals surface area contributed by atoms with E-state index in [0.717, 1.165) is 76.9 Å². The van der Waals surface area contributed by atoms with Crippen LogP contribution in [-0.2, 0) is 4.79 Å². The van der Waals surface area contributed by atoms with Gasteiger partial charge in [0, 0.05) is 43.9 Å². The van der Waals surface area contributed by atoms with Gasteiger partial charge in [0.2, 0.25) is 5.91 Å². The van der Waals surface area contributed by atoms with Crippen molar-refractivity contribution in [3.05, 3.63) is 17.8 Å². The maximum atomic E-state index is 13.1. The van der Waals surface area contributed by atoms with E-state index in [4.69, 9.17) is 4.42 Å². The Morgan fingerprint density at radius 3 is 2.96 bits per heavy atom. The predicted molar refractivity (Wildman–Crippen MR) is 96.8 cm³/mol.